The smallest absolute Gasteiger partial charge is 0.250 e. The number of halogens is 1. The van der Waals surface area contributed by atoms with E-state index in [0.29, 0.717) is 22.4 Å². The van der Waals surface area contributed by atoms with Gasteiger partial charge in [0.2, 0.25) is 5.91 Å². The molecule has 3 saturated heterocycles. The van der Waals surface area contributed by atoms with E-state index in [-0.39, 0.29) is 0 Å². The number of piperazine rings is 3. The lowest BCUT2D eigenvalue weighted by atomic mass is 10.1. The number of pyridine rings is 1. The topological polar surface area (TPSA) is 74.5 Å². The molecule has 4 heterocycles. The molecule has 3 N–H and O–H groups in total. The van der Waals surface area contributed by atoms with E-state index in [2.05, 4.69) is 20.1 Å². The molecule has 3 aliphatic rings. The molecule has 0 saturated carbocycles. The van der Waals surface area contributed by atoms with E-state index in [9.17, 15) is 4.79 Å². The van der Waals surface area contributed by atoms with Crippen LogP contribution in [0.5, 0.6) is 0 Å². The molecule has 1 unspecified atom stereocenters. The molecule has 3 fully saturated rings. The summed E-state index contributed by atoms with van der Waals surface area (Å²) in [6.07, 6.45) is 1.45. The molecule has 3 aliphatic heterocycles. The lowest BCUT2D eigenvalue weighted by Gasteiger charge is -2.47. The highest BCUT2D eigenvalue weighted by Gasteiger charge is 2.31. The molecule has 0 aromatic carbocycles. The number of primary amides is 1. The average molecular weight is 296 g/mol. The van der Waals surface area contributed by atoms with Crippen molar-refractivity contribution in [2.24, 2.45) is 5.73 Å². The summed E-state index contributed by atoms with van der Waals surface area (Å²) in [6, 6.07) is 2.04. The number of aromatic nitrogens is 1. The number of carbonyl (C=O) groups excluding carboxylic acids is 1. The van der Waals surface area contributed by atoms with Gasteiger partial charge in [-0.25, -0.2) is 4.98 Å². The number of rotatable bonds is 4. The zero-order valence-corrected chi connectivity index (χ0v) is 11.9. The second-order valence-electron chi connectivity index (χ2n) is 5.29. The lowest BCUT2D eigenvalue weighted by molar-refractivity contribution is 0.0189. The number of nitrogens with zero attached hydrogens (tertiary/aromatic N) is 3. The Balaban J connectivity index is 1.62. The van der Waals surface area contributed by atoms with Crippen molar-refractivity contribution in [1.29, 1.82) is 0 Å². The van der Waals surface area contributed by atoms with E-state index in [1.54, 1.807) is 6.07 Å². The van der Waals surface area contributed by atoms with Crippen LogP contribution in [-0.4, -0.2) is 66.0 Å². The maximum absolute atomic E-state index is 11.0. The first-order valence-corrected chi connectivity index (χ1v) is 7.17. The van der Waals surface area contributed by atoms with Crippen molar-refractivity contribution >= 4 is 23.3 Å². The number of hydrogen-bond acceptors (Lipinski definition) is 5. The molecule has 1 amide bonds. The van der Waals surface area contributed by atoms with Gasteiger partial charge in [0.1, 0.15) is 5.82 Å². The molecule has 7 heteroatoms. The van der Waals surface area contributed by atoms with E-state index in [0.717, 1.165) is 26.2 Å². The van der Waals surface area contributed by atoms with E-state index in [1.165, 1.54) is 19.3 Å². The fraction of sp³-hybridized carbons (Fsp3) is 0.538. The van der Waals surface area contributed by atoms with Crippen molar-refractivity contribution in [2.75, 3.05) is 44.6 Å². The summed E-state index contributed by atoms with van der Waals surface area (Å²) in [5.41, 5.74) is 5.52. The third-order valence-corrected chi connectivity index (χ3v) is 4.31. The van der Waals surface area contributed by atoms with Gasteiger partial charge in [-0.2, -0.15) is 0 Å². The minimum atomic E-state index is -0.519. The number of nitrogens with one attached hydrogen (secondary N) is 1. The molecule has 4 rings (SSSR count). The first-order chi connectivity index (χ1) is 9.63. The molecule has 20 heavy (non-hydrogen) atoms. The number of anilines is 1. The van der Waals surface area contributed by atoms with Crippen LogP contribution in [0.3, 0.4) is 0 Å². The van der Waals surface area contributed by atoms with Crippen molar-refractivity contribution < 1.29 is 4.79 Å². The predicted molar refractivity (Wildman–Crippen MR) is 78.1 cm³/mol. The normalized spacial score (nSPS) is 28.4. The third-order valence-electron chi connectivity index (χ3n) is 4.02. The van der Waals surface area contributed by atoms with Crippen molar-refractivity contribution in [3.63, 3.8) is 0 Å². The Hall–Kier alpha value is -1.37. The first-order valence-electron chi connectivity index (χ1n) is 6.79. The van der Waals surface area contributed by atoms with E-state index in [1.807, 2.05) is 0 Å². The Morgan fingerprint density at radius 3 is 2.75 bits per heavy atom. The van der Waals surface area contributed by atoms with Crippen molar-refractivity contribution in [1.82, 2.24) is 14.8 Å². The van der Waals surface area contributed by atoms with Crippen LogP contribution in [0.15, 0.2) is 12.3 Å². The molecule has 0 radical (unpaired) electrons. The van der Waals surface area contributed by atoms with Gasteiger partial charge in [-0.15, -0.1) is 0 Å². The van der Waals surface area contributed by atoms with Gasteiger partial charge in [-0.3, -0.25) is 14.6 Å². The molecule has 6 nitrogen and oxygen atoms in total. The Kier molecular flexibility index (Phi) is 3.78. The van der Waals surface area contributed by atoms with Crippen molar-refractivity contribution in [2.45, 2.75) is 6.04 Å². The standard InChI is InChI=1S/C13H18ClN5O/c14-11-5-9(12(15)20)6-16-13(11)17-7-10-8-18-1-3-19(10)4-2-18/h5-6,10H,1-4,7-8H2,(H2,15,20)(H,16,17). The Labute approximate surface area is 122 Å². The van der Waals surface area contributed by atoms with Crippen LogP contribution >= 0.6 is 11.6 Å². The van der Waals surface area contributed by atoms with Crippen LogP contribution < -0.4 is 11.1 Å². The van der Waals surface area contributed by atoms with Gasteiger partial charge in [-0.1, -0.05) is 11.6 Å². The van der Waals surface area contributed by atoms with E-state index >= 15 is 0 Å². The number of fused-ring (bicyclic) bond motifs is 3. The third kappa shape index (κ3) is 2.72. The second-order valence-corrected chi connectivity index (χ2v) is 5.70. The van der Waals surface area contributed by atoms with E-state index < -0.39 is 5.91 Å². The molecule has 0 aliphatic carbocycles. The van der Waals surface area contributed by atoms with Crippen LogP contribution in [0.2, 0.25) is 5.02 Å². The SMILES string of the molecule is NC(=O)c1cnc(NCC2CN3CCN2CC3)c(Cl)c1. The fourth-order valence-corrected chi connectivity index (χ4v) is 3.07. The molecule has 108 valence electrons. The predicted octanol–water partition coefficient (Wildman–Crippen LogP) is 0.246. The first kappa shape index (κ1) is 13.6. The molecule has 0 spiro atoms. The highest BCUT2D eigenvalue weighted by atomic mass is 35.5. The summed E-state index contributed by atoms with van der Waals surface area (Å²) in [7, 11) is 0. The zero-order chi connectivity index (χ0) is 14.1. The lowest BCUT2D eigenvalue weighted by Crippen LogP contribution is -2.62. The minimum absolute atomic E-state index is 0.326. The van der Waals surface area contributed by atoms with Crippen LogP contribution in [0, 0.1) is 0 Å². The van der Waals surface area contributed by atoms with E-state index in [4.69, 9.17) is 17.3 Å². The number of amides is 1. The van der Waals surface area contributed by atoms with Crippen LogP contribution in [-0.2, 0) is 0 Å². The Morgan fingerprint density at radius 1 is 1.45 bits per heavy atom. The maximum atomic E-state index is 11.0. The van der Waals surface area contributed by atoms with Gasteiger partial charge in [-0.05, 0) is 6.07 Å². The Bertz CT molecular complexity index is 515. The molecule has 1 atom stereocenters. The summed E-state index contributed by atoms with van der Waals surface area (Å²) in [6.45, 7) is 6.50. The van der Waals surface area contributed by atoms with Gasteiger partial charge in [0.25, 0.3) is 0 Å². The van der Waals surface area contributed by atoms with Gasteiger partial charge in [0.15, 0.2) is 0 Å². The highest BCUT2D eigenvalue weighted by molar-refractivity contribution is 6.33. The summed E-state index contributed by atoms with van der Waals surface area (Å²) >= 11 is 6.11. The Morgan fingerprint density at radius 2 is 2.20 bits per heavy atom. The van der Waals surface area contributed by atoms with Crippen LogP contribution in [0.1, 0.15) is 10.4 Å². The quantitative estimate of drug-likeness (QED) is 0.833. The number of hydrogen-bond donors (Lipinski definition) is 2. The van der Waals surface area contributed by atoms with Gasteiger partial charge in [0.05, 0.1) is 10.6 Å². The monoisotopic (exact) mass is 295 g/mol. The average Bonchev–Trinajstić information content (AvgIpc) is 2.47. The molecule has 1 aromatic heterocycles. The minimum Gasteiger partial charge on any atom is -0.367 e. The summed E-state index contributed by atoms with van der Waals surface area (Å²) in [5.74, 6) is 0.0868. The summed E-state index contributed by atoms with van der Waals surface area (Å²) in [4.78, 5) is 20.2. The number of carbonyl (C=O) groups is 1. The zero-order valence-electron chi connectivity index (χ0n) is 11.2. The summed E-state index contributed by atoms with van der Waals surface area (Å²) in [5, 5.41) is 3.70. The molecular formula is C13H18ClN5O. The molecule has 2 bridgehead atoms. The van der Waals surface area contributed by atoms with Gasteiger partial charge < -0.3 is 11.1 Å². The molecular weight excluding hydrogens is 278 g/mol. The summed E-state index contributed by atoms with van der Waals surface area (Å²) < 4.78 is 0. The second kappa shape index (κ2) is 5.55. The molecule has 1 aromatic rings. The van der Waals surface area contributed by atoms with Crippen molar-refractivity contribution in [3.8, 4) is 0 Å². The van der Waals surface area contributed by atoms with Gasteiger partial charge in [0, 0.05) is 51.5 Å². The van der Waals surface area contributed by atoms with Crippen molar-refractivity contribution in [3.05, 3.63) is 22.8 Å². The fourth-order valence-electron chi connectivity index (χ4n) is 2.84. The van der Waals surface area contributed by atoms with Crippen LogP contribution in [0.4, 0.5) is 5.82 Å². The largest absolute Gasteiger partial charge is 0.367 e. The maximum Gasteiger partial charge on any atom is 0.250 e. The number of nitrogens with two attached hydrogens (primary N) is 1. The van der Waals surface area contributed by atoms with Crippen LogP contribution in [0.25, 0.3) is 0 Å². The van der Waals surface area contributed by atoms with Gasteiger partial charge >= 0.3 is 0 Å². The highest BCUT2D eigenvalue weighted by Crippen LogP contribution is 2.21.